The fraction of sp³-hybridized carbons (Fsp3) is 0.667. The number of nitrogens with zero attached hydrogens (tertiary/aromatic N) is 1. The molecule has 0 aromatic heterocycles. The number of carbonyl (C=O) groups excluding carboxylic acids is 1. The van der Waals surface area contributed by atoms with Crippen molar-refractivity contribution in [3.8, 4) is 0 Å². The Morgan fingerprint density at radius 1 is 1.57 bits per heavy atom. The van der Waals surface area contributed by atoms with Gasteiger partial charge < -0.3 is 5.11 Å². The van der Waals surface area contributed by atoms with Crippen LogP contribution >= 0.6 is 12.2 Å². The summed E-state index contributed by atoms with van der Waals surface area (Å²) in [6.45, 7) is 3.31. The van der Waals surface area contributed by atoms with Crippen LogP contribution in [0.25, 0.3) is 0 Å². The van der Waals surface area contributed by atoms with Crippen molar-refractivity contribution in [3.05, 3.63) is 0 Å². The summed E-state index contributed by atoms with van der Waals surface area (Å²) in [7, 11) is 0. The van der Waals surface area contributed by atoms with E-state index in [2.05, 4.69) is 22.4 Å². The summed E-state index contributed by atoms with van der Waals surface area (Å²) in [6, 6.07) is -0.500. The molecular weight excluding hydrogens is 202 g/mol. The minimum atomic E-state index is -1.02. The van der Waals surface area contributed by atoms with E-state index in [0.29, 0.717) is 6.42 Å². The number of Topliss-reactive ketones (excluding diaryl/α,β-unsaturated/α-hetero) is 1. The summed E-state index contributed by atoms with van der Waals surface area (Å²) in [5.41, 5.74) is 0. The maximum atomic E-state index is 11.1. The Hall–Kier alpha value is -1.06. The van der Waals surface area contributed by atoms with E-state index in [1.807, 2.05) is 0 Å². The van der Waals surface area contributed by atoms with E-state index in [-0.39, 0.29) is 12.2 Å². The first-order chi connectivity index (χ1) is 6.52. The van der Waals surface area contributed by atoms with Gasteiger partial charge in [0.2, 0.25) is 0 Å². The molecular formula is C9H13NO3S. The van der Waals surface area contributed by atoms with Crippen LogP contribution in [0.3, 0.4) is 0 Å². The summed E-state index contributed by atoms with van der Waals surface area (Å²) < 4.78 is 0. The van der Waals surface area contributed by atoms with Crippen LogP contribution in [-0.4, -0.2) is 28.1 Å². The first kappa shape index (κ1) is 12.9. The van der Waals surface area contributed by atoms with Crippen molar-refractivity contribution < 1.29 is 14.7 Å². The molecule has 2 atom stereocenters. The number of aliphatic carboxylic acids is 1. The molecule has 1 N–H and O–H groups in total. The van der Waals surface area contributed by atoms with Gasteiger partial charge in [-0.3, -0.25) is 9.59 Å². The van der Waals surface area contributed by atoms with Crippen molar-refractivity contribution in [2.45, 2.75) is 32.7 Å². The molecule has 5 heteroatoms. The van der Waals surface area contributed by atoms with Crippen LogP contribution in [0.1, 0.15) is 26.7 Å². The molecule has 2 unspecified atom stereocenters. The summed E-state index contributed by atoms with van der Waals surface area (Å²) >= 11 is 4.38. The van der Waals surface area contributed by atoms with Gasteiger partial charge in [-0.1, -0.05) is 6.92 Å². The molecule has 0 fully saturated rings. The van der Waals surface area contributed by atoms with E-state index in [9.17, 15) is 9.59 Å². The Morgan fingerprint density at radius 2 is 2.14 bits per heavy atom. The minimum absolute atomic E-state index is 0.00745. The second-order valence-electron chi connectivity index (χ2n) is 3.00. The number of isothiocyanates is 1. The van der Waals surface area contributed by atoms with Gasteiger partial charge in [0.15, 0.2) is 0 Å². The van der Waals surface area contributed by atoms with Crippen molar-refractivity contribution in [3.63, 3.8) is 0 Å². The average Bonchev–Trinajstić information content (AvgIpc) is 2.13. The number of ketones is 1. The molecule has 0 bridgehead atoms. The lowest BCUT2D eigenvalue weighted by atomic mass is 9.95. The molecule has 0 aromatic carbocycles. The van der Waals surface area contributed by atoms with Crippen LogP contribution in [0.15, 0.2) is 4.99 Å². The first-order valence-corrected chi connectivity index (χ1v) is 4.75. The summed E-state index contributed by atoms with van der Waals surface area (Å²) in [5, 5.41) is 11.0. The number of rotatable bonds is 6. The highest BCUT2D eigenvalue weighted by Crippen LogP contribution is 2.13. The fourth-order valence-corrected chi connectivity index (χ4v) is 1.19. The molecule has 0 radical (unpaired) electrons. The molecule has 0 amide bonds. The number of hydrogen-bond donors (Lipinski definition) is 1. The Kier molecular flexibility index (Phi) is 5.92. The molecule has 0 saturated heterocycles. The molecule has 0 spiro atoms. The molecule has 78 valence electrons. The molecule has 0 aromatic rings. The average molecular weight is 215 g/mol. The number of hydrogen-bond acceptors (Lipinski definition) is 4. The second kappa shape index (κ2) is 6.40. The second-order valence-corrected chi connectivity index (χ2v) is 3.18. The fourth-order valence-electron chi connectivity index (χ4n) is 1.03. The van der Waals surface area contributed by atoms with Crippen LogP contribution in [0, 0.1) is 5.92 Å². The van der Waals surface area contributed by atoms with Crippen molar-refractivity contribution in [1.29, 1.82) is 0 Å². The van der Waals surface area contributed by atoms with Gasteiger partial charge in [-0.15, -0.1) is 0 Å². The van der Waals surface area contributed by atoms with Gasteiger partial charge in [0.1, 0.15) is 5.78 Å². The lowest BCUT2D eigenvalue weighted by Crippen LogP contribution is -2.27. The predicted octanol–water partition coefficient (Wildman–Crippen LogP) is 1.55. The maximum absolute atomic E-state index is 11.1. The molecule has 0 saturated carbocycles. The molecule has 0 heterocycles. The lowest BCUT2D eigenvalue weighted by molar-refractivity contribution is -0.144. The van der Waals surface area contributed by atoms with Crippen LogP contribution in [-0.2, 0) is 9.59 Å². The Balaban J connectivity index is 4.51. The normalized spacial score (nSPS) is 13.9. The van der Waals surface area contributed by atoms with Crippen LogP contribution in [0.2, 0.25) is 0 Å². The lowest BCUT2D eigenvalue weighted by Gasteiger charge is -2.13. The molecule has 0 aliphatic carbocycles. The standard InChI is InChI=1S/C9H13NO3S/c1-3-7(11)4-8(9(12)13)6(2)10-5-14/h6,8H,3-4H2,1-2H3,(H,12,13). The van der Waals surface area contributed by atoms with Crippen molar-refractivity contribution in [2.24, 2.45) is 10.9 Å². The topological polar surface area (TPSA) is 66.7 Å². The van der Waals surface area contributed by atoms with Gasteiger partial charge in [-0.25, -0.2) is 4.99 Å². The van der Waals surface area contributed by atoms with Crippen LogP contribution in [0.5, 0.6) is 0 Å². The van der Waals surface area contributed by atoms with E-state index in [0.717, 1.165) is 0 Å². The van der Waals surface area contributed by atoms with Crippen LogP contribution < -0.4 is 0 Å². The van der Waals surface area contributed by atoms with Crippen molar-refractivity contribution in [1.82, 2.24) is 0 Å². The summed E-state index contributed by atoms with van der Waals surface area (Å²) in [4.78, 5) is 25.5. The molecule has 0 aliphatic heterocycles. The highest BCUT2D eigenvalue weighted by Gasteiger charge is 2.26. The first-order valence-electron chi connectivity index (χ1n) is 4.34. The molecule has 14 heavy (non-hydrogen) atoms. The minimum Gasteiger partial charge on any atom is -0.481 e. The third kappa shape index (κ3) is 4.25. The quantitative estimate of drug-likeness (QED) is 0.539. The van der Waals surface area contributed by atoms with Gasteiger partial charge in [0, 0.05) is 12.8 Å². The number of carboxylic acids is 1. The van der Waals surface area contributed by atoms with E-state index < -0.39 is 17.9 Å². The van der Waals surface area contributed by atoms with E-state index >= 15 is 0 Å². The maximum Gasteiger partial charge on any atom is 0.309 e. The zero-order valence-electron chi connectivity index (χ0n) is 8.19. The van der Waals surface area contributed by atoms with E-state index in [1.165, 1.54) is 0 Å². The number of thiocarbonyl (C=S) groups is 1. The predicted molar refractivity (Wildman–Crippen MR) is 55.5 cm³/mol. The zero-order chi connectivity index (χ0) is 11.1. The monoisotopic (exact) mass is 215 g/mol. The Labute approximate surface area is 88.0 Å². The van der Waals surface area contributed by atoms with Gasteiger partial charge >= 0.3 is 5.97 Å². The van der Waals surface area contributed by atoms with Gasteiger partial charge in [0.05, 0.1) is 17.1 Å². The smallest absolute Gasteiger partial charge is 0.309 e. The van der Waals surface area contributed by atoms with E-state index in [4.69, 9.17) is 5.11 Å². The third-order valence-corrected chi connectivity index (χ3v) is 2.10. The largest absolute Gasteiger partial charge is 0.481 e. The highest BCUT2D eigenvalue weighted by molar-refractivity contribution is 7.78. The van der Waals surface area contributed by atoms with Crippen molar-refractivity contribution >= 4 is 29.1 Å². The zero-order valence-corrected chi connectivity index (χ0v) is 9.00. The number of aliphatic imine (C=N–C) groups is 1. The van der Waals surface area contributed by atoms with E-state index in [1.54, 1.807) is 13.8 Å². The Bertz CT molecular complexity index is 271. The number of carboxylic acid groups (broad SMARTS) is 1. The molecule has 0 aliphatic rings. The summed E-state index contributed by atoms with van der Waals surface area (Å²) in [5.74, 6) is -1.89. The molecule has 4 nitrogen and oxygen atoms in total. The van der Waals surface area contributed by atoms with Gasteiger partial charge in [0.25, 0.3) is 0 Å². The van der Waals surface area contributed by atoms with Crippen LogP contribution in [0.4, 0.5) is 0 Å². The van der Waals surface area contributed by atoms with Gasteiger partial charge in [-0.2, -0.15) is 0 Å². The number of carbonyl (C=O) groups is 2. The summed E-state index contributed by atoms with van der Waals surface area (Å²) in [6.07, 6.45) is 0.352. The third-order valence-electron chi connectivity index (χ3n) is 2.00. The molecule has 0 rings (SSSR count). The van der Waals surface area contributed by atoms with Crippen molar-refractivity contribution in [2.75, 3.05) is 0 Å². The van der Waals surface area contributed by atoms with Gasteiger partial charge in [-0.05, 0) is 19.1 Å². The SMILES string of the molecule is CCC(=O)CC(C(=O)O)C(C)N=C=S. The highest BCUT2D eigenvalue weighted by atomic mass is 32.1. The Morgan fingerprint density at radius 3 is 2.50 bits per heavy atom.